The predicted molar refractivity (Wildman–Crippen MR) is 114 cm³/mol. The van der Waals surface area contributed by atoms with Crippen molar-refractivity contribution in [2.75, 3.05) is 18.5 Å². The minimum Gasteiger partial charge on any atom is -0.381 e. The SMILES string of the molecule is CC(C)Cc1cc2nc(C3CCOCC3)cn2cc1NC(=O)c1cccc(C(F)F)n1. The van der Waals surface area contributed by atoms with Crippen molar-refractivity contribution < 1.29 is 18.3 Å². The van der Waals surface area contributed by atoms with Gasteiger partial charge < -0.3 is 14.5 Å². The number of rotatable bonds is 6. The van der Waals surface area contributed by atoms with Crippen LogP contribution in [0.4, 0.5) is 14.5 Å². The van der Waals surface area contributed by atoms with E-state index in [4.69, 9.17) is 9.72 Å². The van der Waals surface area contributed by atoms with Crippen molar-refractivity contribution in [3.05, 3.63) is 59.3 Å². The summed E-state index contributed by atoms with van der Waals surface area (Å²) in [5.41, 5.74) is 2.97. The van der Waals surface area contributed by atoms with Gasteiger partial charge in [-0.2, -0.15) is 0 Å². The Kier molecular flexibility index (Phi) is 6.27. The van der Waals surface area contributed by atoms with E-state index in [9.17, 15) is 13.6 Å². The van der Waals surface area contributed by atoms with Gasteiger partial charge >= 0.3 is 0 Å². The molecule has 31 heavy (non-hydrogen) atoms. The highest BCUT2D eigenvalue weighted by Crippen LogP contribution is 2.29. The number of alkyl halides is 2. The lowest BCUT2D eigenvalue weighted by atomic mass is 9.97. The molecule has 1 N–H and O–H groups in total. The van der Waals surface area contributed by atoms with Gasteiger partial charge in [-0.15, -0.1) is 0 Å². The first kappa shape index (κ1) is 21.4. The third-order valence-electron chi connectivity index (χ3n) is 5.44. The summed E-state index contributed by atoms with van der Waals surface area (Å²) in [5.74, 6) is 0.210. The number of anilines is 1. The van der Waals surface area contributed by atoms with Gasteiger partial charge in [0.25, 0.3) is 12.3 Å². The summed E-state index contributed by atoms with van der Waals surface area (Å²) < 4.78 is 33.3. The number of nitrogens with one attached hydrogen (secondary N) is 1. The normalized spacial score (nSPS) is 15.2. The summed E-state index contributed by atoms with van der Waals surface area (Å²) in [6.45, 7) is 5.68. The molecule has 0 atom stereocenters. The number of aromatic nitrogens is 3. The largest absolute Gasteiger partial charge is 0.381 e. The predicted octanol–water partition coefficient (Wildman–Crippen LogP) is 5.01. The Bertz CT molecular complexity index is 1070. The molecule has 0 bridgehead atoms. The first-order valence-electron chi connectivity index (χ1n) is 10.6. The number of halogens is 2. The Morgan fingerprint density at radius 1 is 1.23 bits per heavy atom. The minimum absolute atomic E-state index is 0.0399. The zero-order valence-corrected chi connectivity index (χ0v) is 17.6. The van der Waals surface area contributed by atoms with Crippen molar-refractivity contribution in [3.63, 3.8) is 0 Å². The molecule has 164 valence electrons. The highest BCUT2D eigenvalue weighted by Gasteiger charge is 2.20. The van der Waals surface area contributed by atoms with Crippen LogP contribution in [0.5, 0.6) is 0 Å². The Hall–Kier alpha value is -2.87. The maximum Gasteiger partial charge on any atom is 0.280 e. The Balaban J connectivity index is 1.66. The first-order valence-corrected chi connectivity index (χ1v) is 10.6. The van der Waals surface area contributed by atoms with Gasteiger partial charge in [0, 0.05) is 31.5 Å². The molecule has 0 unspecified atom stereocenters. The molecule has 6 nitrogen and oxygen atoms in total. The maximum atomic E-state index is 13.0. The number of amides is 1. The van der Waals surface area contributed by atoms with Crippen LogP contribution in [0.25, 0.3) is 5.65 Å². The molecule has 4 rings (SSSR count). The van der Waals surface area contributed by atoms with Gasteiger partial charge in [0.05, 0.1) is 11.4 Å². The highest BCUT2D eigenvalue weighted by atomic mass is 19.3. The summed E-state index contributed by atoms with van der Waals surface area (Å²) in [6.07, 6.45) is 3.75. The van der Waals surface area contributed by atoms with Gasteiger partial charge in [-0.05, 0) is 48.9 Å². The van der Waals surface area contributed by atoms with Crippen LogP contribution in [0.1, 0.15) is 66.5 Å². The van der Waals surface area contributed by atoms with Gasteiger partial charge in [-0.25, -0.2) is 18.7 Å². The van der Waals surface area contributed by atoms with Crippen molar-refractivity contribution in [1.82, 2.24) is 14.4 Å². The summed E-state index contributed by atoms with van der Waals surface area (Å²) in [6, 6.07) is 6.04. The Morgan fingerprint density at radius 3 is 2.71 bits per heavy atom. The molecule has 1 saturated heterocycles. The molecule has 3 aromatic heterocycles. The second-order valence-electron chi connectivity index (χ2n) is 8.33. The van der Waals surface area contributed by atoms with Crippen LogP contribution in [0, 0.1) is 5.92 Å². The average Bonchev–Trinajstić information content (AvgIpc) is 3.17. The summed E-state index contributed by atoms with van der Waals surface area (Å²) in [4.78, 5) is 21.4. The Labute approximate surface area is 179 Å². The lowest BCUT2D eigenvalue weighted by molar-refractivity contribution is 0.0846. The van der Waals surface area contributed by atoms with Crippen molar-refractivity contribution in [1.29, 1.82) is 0 Å². The summed E-state index contributed by atoms with van der Waals surface area (Å²) in [5, 5.41) is 2.86. The molecule has 0 saturated carbocycles. The van der Waals surface area contributed by atoms with Crippen LogP contribution in [0.15, 0.2) is 36.7 Å². The number of hydrogen-bond donors (Lipinski definition) is 1. The van der Waals surface area contributed by atoms with Gasteiger partial charge in [0.1, 0.15) is 17.0 Å². The van der Waals surface area contributed by atoms with Gasteiger partial charge in [0.2, 0.25) is 0 Å². The third kappa shape index (κ3) is 4.90. The molecule has 1 amide bonds. The summed E-state index contributed by atoms with van der Waals surface area (Å²) in [7, 11) is 0. The van der Waals surface area contributed by atoms with Crippen LogP contribution < -0.4 is 5.32 Å². The monoisotopic (exact) mass is 428 g/mol. The van der Waals surface area contributed by atoms with E-state index in [0.717, 1.165) is 49.4 Å². The number of imidazole rings is 1. The van der Waals surface area contributed by atoms with E-state index in [1.807, 2.05) is 22.9 Å². The molecule has 0 spiro atoms. The standard InChI is InChI=1S/C23H26F2N4O2/c1-14(2)10-16-11-21-27-19(15-6-8-31-9-7-15)12-29(21)13-20(16)28-23(30)18-5-3-4-17(26-18)22(24)25/h3-5,11-15,22H,6-10H2,1-2H3,(H,28,30). The first-order chi connectivity index (χ1) is 14.9. The molecule has 3 aromatic rings. The van der Waals surface area contributed by atoms with Crippen molar-refractivity contribution in [2.45, 2.75) is 45.5 Å². The topological polar surface area (TPSA) is 68.5 Å². The smallest absolute Gasteiger partial charge is 0.280 e. The van der Waals surface area contributed by atoms with E-state index in [2.05, 4.69) is 24.1 Å². The molecular weight excluding hydrogens is 402 g/mol. The molecule has 1 fully saturated rings. The molecule has 4 heterocycles. The second kappa shape index (κ2) is 9.09. The number of pyridine rings is 2. The molecule has 0 aromatic carbocycles. The maximum absolute atomic E-state index is 13.0. The zero-order valence-electron chi connectivity index (χ0n) is 17.6. The molecule has 8 heteroatoms. The number of carbonyl (C=O) groups excluding carboxylic acids is 1. The number of fused-ring (bicyclic) bond motifs is 1. The highest BCUT2D eigenvalue weighted by molar-refractivity contribution is 6.03. The number of nitrogens with zero attached hydrogens (tertiary/aromatic N) is 3. The Morgan fingerprint density at radius 2 is 2.00 bits per heavy atom. The van der Waals surface area contributed by atoms with Crippen LogP contribution >= 0.6 is 0 Å². The van der Waals surface area contributed by atoms with E-state index in [-0.39, 0.29) is 5.69 Å². The van der Waals surface area contributed by atoms with E-state index in [1.165, 1.54) is 18.2 Å². The molecule has 0 radical (unpaired) electrons. The van der Waals surface area contributed by atoms with Crippen molar-refractivity contribution >= 4 is 17.2 Å². The number of carbonyl (C=O) groups is 1. The van der Waals surface area contributed by atoms with Crippen LogP contribution in [-0.4, -0.2) is 33.5 Å². The second-order valence-corrected chi connectivity index (χ2v) is 8.33. The van der Waals surface area contributed by atoms with Crippen molar-refractivity contribution in [2.24, 2.45) is 5.92 Å². The van der Waals surface area contributed by atoms with Crippen LogP contribution in [0.3, 0.4) is 0 Å². The van der Waals surface area contributed by atoms with Crippen LogP contribution in [-0.2, 0) is 11.2 Å². The fourth-order valence-electron chi connectivity index (χ4n) is 3.89. The van der Waals surface area contributed by atoms with E-state index >= 15 is 0 Å². The van der Waals surface area contributed by atoms with E-state index < -0.39 is 18.0 Å². The summed E-state index contributed by atoms with van der Waals surface area (Å²) >= 11 is 0. The lowest BCUT2D eigenvalue weighted by Gasteiger charge is -2.19. The number of ether oxygens (including phenoxy) is 1. The number of hydrogen-bond acceptors (Lipinski definition) is 4. The van der Waals surface area contributed by atoms with Gasteiger partial charge in [0.15, 0.2) is 0 Å². The fourth-order valence-corrected chi connectivity index (χ4v) is 3.89. The lowest BCUT2D eigenvalue weighted by Crippen LogP contribution is -2.16. The average molecular weight is 428 g/mol. The van der Waals surface area contributed by atoms with Gasteiger partial charge in [-0.3, -0.25) is 4.79 Å². The van der Waals surface area contributed by atoms with E-state index in [1.54, 1.807) is 0 Å². The third-order valence-corrected chi connectivity index (χ3v) is 5.44. The van der Waals surface area contributed by atoms with E-state index in [0.29, 0.717) is 17.5 Å². The van der Waals surface area contributed by atoms with Crippen molar-refractivity contribution in [3.8, 4) is 0 Å². The quantitative estimate of drug-likeness (QED) is 0.599. The molecule has 0 aliphatic carbocycles. The molecule has 1 aliphatic rings. The van der Waals surface area contributed by atoms with Crippen LogP contribution in [0.2, 0.25) is 0 Å². The van der Waals surface area contributed by atoms with Gasteiger partial charge in [-0.1, -0.05) is 19.9 Å². The minimum atomic E-state index is -2.73. The molecule has 1 aliphatic heterocycles. The fraction of sp³-hybridized carbons (Fsp3) is 0.435. The molecular formula is C23H26F2N4O2. The zero-order chi connectivity index (χ0) is 22.0.